The minimum atomic E-state index is 0.298. The summed E-state index contributed by atoms with van der Waals surface area (Å²) < 4.78 is 1.94. The molecule has 20 heavy (non-hydrogen) atoms. The van der Waals surface area contributed by atoms with Crippen molar-refractivity contribution < 1.29 is 4.79 Å². The average molecular weight is 266 g/mol. The summed E-state index contributed by atoms with van der Waals surface area (Å²) in [5.41, 5.74) is 4.07. The monoisotopic (exact) mass is 266 g/mol. The molecule has 0 radical (unpaired) electrons. The molecular weight excluding hydrogens is 248 g/mol. The molecule has 0 spiro atoms. The summed E-state index contributed by atoms with van der Waals surface area (Å²) in [5.74, 6) is 0.298. The molecule has 0 saturated heterocycles. The number of Topliss-reactive ketones (excluding diaryl/α,β-unsaturated/α-hetero) is 1. The zero-order valence-corrected chi connectivity index (χ0v) is 11.7. The van der Waals surface area contributed by atoms with Crippen molar-refractivity contribution in [3.63, 3.8) is 0 Å². The third-order valence-corrected chi connectivity index (χ3v) is 3.73. The molecule has 0 bridgehead atoms. The van der Waals surface area contributed by atoms with Crippen molar-refractivity contribution in [2.75, 3.05) is 0 Å². The first kappa shape index (κ1) is 12.9. The minimum Gasteiger partial charge on any atom is -0.340 e. The van der Waals surface area contributed by atoms with Gasteiger partial charge in [-0.05, 0) is 36.5 Å². The lowest BCUT2D eigenvalue weighted by atomic mass is 9.91. The van der Waals surface area contributed by atoms with Gasteiger partial charge in [0.1, 0.15) is 0 Å². The molecule has 0 aliphatic heterocycles. The van der Waals surface area contributed by atoms with E-state index in [4.69, 9.17) is 0 Å². The van der Waals surface area contributed by atoms with E-state index in [-0.39, 0.29) is 0 Å². The van der Waals surface area contributed by atoms with Gasteiger partial charge in [0, 0.05) is 25.2 Å². The number of hydrogen-bond donors (Lipinski definition) is 0. The van der Waals surface area contributed by atoms with E-state index in [9.17, 15) is 4.79 Å². The van der Waals surface area contributed by atoms with E-state index in [2.05, 4.69) is 17.1 Å². The number of aryl methyl sites for hydroxylation is 1. The van der Waals surface area contributed by atoms with Crippen molar-refractivity contribution in [3.05, 3.63) is 47.9 Å². The molecule has 0 N–H and O–H groups in total. The molecule has 1 aliphatic rings. The van der Waals surface area contributed by atoms with Crippen LogP contribution in [0.15, 0.2) is 42.4 Å². The fourth-order valence-corrected chi connectivity index (χ4v) is 2.65. The summed E-state index contributed by atoms with van der Waals surface area (Å²) in [6.07, 6.45) is 9.57. The first-order valence-electron chi connectivity index (χ1n) is 7.05. The lowest BCUT2D eigenvalue weighted by Gasteiger charge is -2.13. The molecule has 3 rings (SSSR count). The quantitative estimate of drug-likeness (QED) is 0.778. The highest BCUT2D eigenvalue weighted by atomic mass is 16.1. The molecule has 1 heterocycles. The molecule has 1 aliphatic carbocycles. The number of imidazole rings is 1. The number of carbonyl (C=O) groups is 1. The lowest BCUT2D eigenvalue weighted by Crippen LogP contribution is -2.08. The Kier molecular flexibility index (Phi) is 3.50. The van der Waals surface area contributed by atoms with Crippen LogP contribution in [0, 0.1) is 0 Å². The molecule has 1 fully saturated rings. The van der Waals surface area contributed by atoms with Gasteiger partial charge in [-0.2, -0.15) is 0 Å². The third-order valence-electron chi connectivity index (χ3n) is 3.73. The van der Waals surface area contributed by atoms with Crippen LogP contribution < -0.4 is 0 Å². The second-order valence-electron chi connectivity index (χ2n) is 5.31. The minimum absolute atomic E-state index is 0.298. The standard InChI is InChI=1S/C17H18N2O/c1-19-11-16(18-12-19)15-8-4-2-6-13(15)10-14-7-3-5-9-17(14)20/h2,4,6,8,10-12H,3,5,7,9H2,1H3/b14-10+. The SMILES string of the molecule is Cn1cnc(-c2ccccc2/C=C2\CCCCC2=O)c1. The molecule has 102 valence electrons. The van der Waals surface area contributed by atoms with Gasteiger partial charge in [0.05, 0.1) is 12.0 Å². The summed E-state index contributed by atoms with van der Waals surface area (Å²) in [7, 11) is 1.96. The molecule has 2 aromatic rings. The smallest absolute Gasteiger partial charge is 0.158 e. The zero-order chi connectivity index (χ0) is 13.9. The lowest BCUT2D eigenvalue weighted by molar-refractivity contribution is -0.116. The summed E-state index contributed by atoms with van der Waals surface area (Å²) >= 11 is 0. The topological polar surface area (TPSA) is 34.9 Å². The van der Waals surface area contributed by atoms with Gasteiger partial charge in [0.15, 0.2) is 5.78 Å². The Bertz CT molecular complexity index is 667. The maximum Gasteiger partial charge on any atom is 0.158 e. The van der Waals surface area contributed by atoms with Crippen LogP contribution in [-0.4, -0.2) is 15.3 Å². The van der Waals surface area contributed by atoms with Gasteiger partial charge in [-0.25, -0.2) is 4.98 Å². The second kappa shape index (κ2) is 5.45. The van der Waals surface area contributed by atoms with Gasteiger partial charge in [-0.1, -0.05) is 24.3 Å². The number of ketones is 1. The van der Waals surface area contributed by atoms with Crippen LogP contribution >= 0.6 is 0 Å². The zero-order valence-electron chi connectivity index (χ0n) is 11.7. The van der Waals surface area contributed by atoms with Crippen molar-refractivity contribution in [3.8, 4) is 11.3 Å². The van der Waals surface area contributed by atoms with Gasteiger partial charge in [-0.15, -0.1) is 0 Å². The van der Waals surface area contributed by atoms with Crippen LogP contribution in [0.5, 0.6) is 0 Å². The Morgan fingerprint density at radius 2 is 2.00 bits per heavy atom. The predicted molar refractivity (Wildman–Crippen MR) is 80.1 cm³/mol. The van der Waals surface area contributed by atoms with Crippen molar-refractivity contribution >= 4 is 11.9 Å². The van der Waals surface area contributed by atoms with E-state index in [0.29, 0.717) is 12.2 Å². The number of benzene rings is 1. The Hall–Kier alpha value is -2.16. The number of aromatic nitrogens is 2. The van der Waals surface area contributed by atoms with Gasteiger partial charge < -0.3 is 4.57 Å². The Balaban J connectivity index is 2.02. The molecular formula is C17H18N2O. The normalized spacial score (nSPS) is 17.6. The molecule has 0 atom stereocenters. The number of hydrogen-bond acceptors (Lipinski definition) is 2. The predicted octanol–water partition coefficient (Wildman–Crippen LogP) is 3.61. The number of allylic oxidation sites excluding steroid dienone is 1. The molecule has 3 heteroatoms. The highest BCUT2D eigenvalue weighted by Gasteiger charge is 2.15. The molecule has 0 unspecified atom stereocenters. The maximum absolute atomic E-state index is 12.0. The number of rotatable bonds is 2. The third kappa shape index (κ3) is 2.57. The van der Waals surface area contributed by atoms with E-state index < -0.39 is 0 Å². The van der Waals surface area contributed by atoms with Crippen LogP contribution in [0.4, 0.5) is 0 Å². The summed E-state index contributed by atoms with van der Waals surface area (Å²) in [5, 5.41) is 0. The maximum atomic E-state index is 12.0. The van der Waals surface area contributed by atoms with Gasteiger partial charge in [0.2, 0.25) is 0 Å². The van der Waals surface area contributed by atoms with E-state index in [1.165, 1.54) is 0 Å². The van der Waals surface area contributed by atoms with E-state index in [1.807, 2.05) is 36.0 Å². The van der Waals surface area contributed by atoms with Crippen molar-refractivity contribution in [2.24, 2.45) is 7.05 Å². The van der Waals surface area contributed by atoms with Crippen LogP contribution in [0.2, 0.25) is 0 Å². The first-order valence-corrected chi connectivity index (χ1v) is 7.05. The highest BCUT2D eigenvalue weighted by Crippen LogP contribution is 2.27. The second-order valence-corrected chi connectivity index (χ2v) is 5.31. The van der Waals surface area contributed by atoms with Crippen LogP contribution in [-0.2, 0) is 11.8 Å². The molecule has 1 aromatic heterocycles. The summed E-state index contributed by atoms with van der Waals surface area (Å²) in [6, 6.07) is 8.13. The van der Waals surface area contributed by atoms with Crippen LogP contribution in [0.1, 0.15) is 31.2 Å². The number of carbonyl (C=O) groups excluding carboxylic acids is 1. The molecule has 1 aromatic carbocycles. The van der Waals surface area contributed by atoms with Crippen molar-refractivity contribution in [1.82, 2.24) is 9.55 Å². The van der Waals surface area contributed by atoms with Crippen LogP contribution in [0.3, 0.4) is 0 Å². The Morgan fingerprint density at radius 3 is 2.75 bits per heavy atom. The van der Waals surface area contributed by atoms with Crippen LogP contribution in [0.25, 0.3) is 17.3 Å². The van der Waals surface area contributed by atoms with E-state index in [0.717, 1.165) is 41.7 Å². The van der Waals surface area contributed by atoms with Gasteiger partial charge in [0.25, 0.3) is 0 Å². The van der Waals surface area contributed by atoms with Gasteiger partial charge >= 0.3 is 0 Å². The first-order chi connectivity index (χ1) is 9.74. The Labute approximate surface area is 119 Å². The van der Waals surface area contributed by atoms with Crippen molar-refractivity contribution in [2.45, 2.75) is 25.7 Å². The molecule has 0 amide bonds. The molecule has 1 saturated carbocycles. The fraction of sp³-hybridized carbons (Fsp3) is 0.294. The average Bonchev–Trinajstić information content (AvgIpc) is 2.88. The van der Waals surface area contributed by atoms with Crippen molar-refractivity contribution in [1.29, 1.82) is 0 Å². The van der Waals surface area contributed by atoms with E-state index in [1.54, 1.807) is 6.33 Å². The molecule has 3 nitrogen and oxygen atoms in total. The summed E-state index contributed by atoms with van der Waals surface area (Å²) in [6.45, 7) is 0. The number of nitrogens with zero attached hydrogens (tertiary/aromatic N) is 2. The highest BCUT2D eigenvalue weighted by molar-refractivity contribution is 6.00. The Morgan fingerprint density at radius 1 is 1.20 bits per heavy atom. The largest absolute Gasteiger partial charge is 0.340 e. The van der Waals surface area contributed by atoms with Gasteiger partial charge in [-0.3, -0.25) is 4.79 Å². The fourth-order valence-electron chi connectivity index (χ4n) is 2.65. The summed E-state index contributed by atoms with van der Waals surface area (Å²) in [4.78, 5) is 16.4. The van der Waals surface area contributed by atoms with E-state index >= 15 is 0 Å².